The topological polar surface area (TPSA) is 119 Å². The molecule has 3 rings (SSSR count). The lowest BCUT2D eigenvalue weighted by atomic mass is 10.1. The third kappa shape index (κ3) is 3.90. The number of H-pyrrole nitrogens is 1. The van der Waals surface area contributed by atoms with Crippen molar-refractivity contribution < 1.29 is 19.1 Å². The van der Waals surface area contributed by atoms with Crippen LogP contribution in [0.5, 0.6) is 5.75 Å². The van der Waals surface area contributed by atoms with Crippen LogP contribution in [0.25, 0.3) is 10.9 Å². The Hall–Kier alpha value is -3.55. The first kappa shape index (κ1) is 19.2. The molecular formula is C20H22N4O4. The summed E-state index contributed by atoms with van der Waals surface area (Å²) in [5, 5.41) is 10.2. The Morgan fingerprint density at radius 1 is 1.18 bits per heavy atom. The first-order valence-electron chi connectivity index (χ1n) is 8.65. The van der Waals surface area contributed by atoms with Crippen LogP contribution in [0.1, 0.15) is 41.6 Å². The summed E-state index contributed by atoms with van der Waals surface area (Å²) in [6.07, 6.45) is 0. The van der Waals surface area contributed by atoms with Crippen LogP contribution < -0.4 is 15.8 Å². The number of nitrogens with zero attached hydrogens (tertiary/aromatic N) is 1. The molecule has 146 valence electrons. The van der Waals surface area contributed by atoms with Crippen LogP contribution in [0.4, 0.5) is 11.4 Å². The number of esters is 1. The molecule has 0 spiro atoms. The maximum absolute atomic E-state index is 12.6. The number of para-hydroxylation sites is 1. The number of amides is 1. The molecule has 1 aromatic heterocycles. The molecule has 0 saturated carbocycles. The summed E-state index contributed by atoms with van der Waals surface area (Å²) in [5.41, 5.74) is 7.24. The molecule has 0 radical (unpaired) electrons. The van der Waals surface area contributed by atoms with Gasteiger partial charge in [-0.05, 0) is 51.1 Å². The largest absolute Gasteiger partial charge is 0.495 e. The SMILES string of the molecule is COc1cccc(C(=O)Nc2ccc3c(C(=O)OC(C)(C)C)n[nH]c3c2)c1N. The van der Waals surface area contributed by atoms with Gasteiger partial charge in [0.25, 0.3) is 5.91 Å². The van der Waals surface area contributed by atoms with Gasteiger partial charge in [0.1, 0.15) is 11.4 Å². The Morgan fingerprint density at radius 3 is 2.61 bits per heavy atom. The number of methoxy groups -OCH3 is 1. The normalized spacial score (nSPS) is 11.3. The molecule has 2 aromatic carbocycles. The minimum atomic E-state index is -0.618. The summed E-state index contributed by atoms with van der Waals surface area (Å²) in [6.45, 7) is 5.37. The Kier molecular flexibility index (Phi) is 4.96. The van der Waals surface area contributed by atoms with E-state index in [1.54, 1.807) is 57.2 Å². The third-order valence-corrected chi connectivity index (χ3v) is 3.94. The summed E-state index contributed by atoms with van der Waals surface area (Å²) >= 11 is 0. The smallest absolute Gasteiger partial charge is 0.360 e. The van der Waals surface area contributed by atoms with E-state index < -0.39 is 11.6 Å². The number of aromatic nitrogens is 2. The molecule has 28 heavy (non-hydrogen) atoms. The number of hydrogen-bond donors (Lipinski definition) is 3. The number of benzene rings is 2. The van der Waals surface area contributed by atoms with Gasteiger partial charge in [0.2, 0.25) is 0 Å². The Morgan fingerprint density at radius 2 is 1.93 bits per heavy atom. The first-order valence-corrected chi connectivity index (χ1v) is 8.65. The minimum absolute atomic E-state index is 0.194. The van der Waals surface area contributed by atoms with Crippen LogP contribution >= 0.6 is 0 Å². The lowest BCUT2D eigenvalue weighted by Crippen LogP contribution is -2.24. The van der Waals surface area contributed by atoms with Crippen molar-refractivity contribution in [2.24, 2.45) is 0 Å². The zero-order chi connectivity index (χ0) is 20.5. The van der Waals surface area contributed by atoms with E-state index in [0.29, 0.717) is 27.9 Å². The van der Waals surface area contributed by atoms with Crippen LogP contribution in [0.15, 0.2) is 36.4 Å². The average Bonchev–Trinajstić information content (AvgIpc) is 3.03. The van der Waals surface area contributed by atoms with Gasteiger partial charge in [-0.1, -0.05) is 6.07 Å². The van der Waals surface area contributed by atoms with Crippen LogP contribution in [0, 0.1) is 0 Å². The number of nitrogen functional groups attached to an aromatic ring is 1. The standard InChI is InChI=1S/C20H22N4O4/c1-20(2,3)28-19(26)17-12-9-8-11(10-14(12)23-24-17)22-18(25)13-6-5-7-15(27-4)16(13)21/h5-10H,21H2,1-4H3,(H,22,25)(H,23,24). The summed E-state index contributed by atoms with van der Waals surface area (Å²) < 4.78 is 10.5. The number of rotatable bonds is 4. The highest BCUT2D eigenvalue weighted by atomic mass is 16.6. The van der Waals surface area contributed by atoms with Crippen LogP contribution in [-0.4, -0.2) is 34.8 Å². The molecule has 3 aromatic rings. The molecule has 0 saturated heterocycles. The molecule has 4 N–H and O–H groups in total. The Labute approximate surface area is 162 Å². The van der Waals surface area contributed by atoms with Gasteiger partial charge in [0.05, 0.1) is 23.9 Å². The number of ether oxygens (including phenoxy) is 2. The zero-order valence-electron chi connectivity index (χ0n) is 16.1. The highest BCUT2D eigenvalue weighted by molar-refractivity contribution is 6.09. The Bertz CT molecular complexity index is 1050. The maximum Gasteiger partial charge on any atom is 0.360 e. The fourth-order valence-electron chi connectivity index (χ4n) is 2.70. The van der Waals surface area contributed by atoms with E-state index in [1.807, 2.05) is 0 Å². The number of fused-ring (bicyclic) bond motifs is 1. The number of carbonyl (C=O) groups is 2. The maximum atomic E-state index is 12.6. The van der Waals surface area contributed by atoms with E-state index >= 15 is 0 Å². The lowest BCUT2D eigenvalue weighted by Gasteiger charge is -2.18. The van der Waals surface area contributed by atoms with Gasteiger partial charge in [0.15, 0.2) is 5.69 Å². The molecule has 0 aliphatic rings. The fraction of sp³-hybridized carbons (Fsp3) is 0.250. The molecule has 0 unspecified atom stereocenters. The molecule has 0 aliphatic carbocycles. The molecule has 1 heterocycles. The minimum Gasteiger partial charge on any atom is -0.495 e. The molecule has 0 atom stereocenters. The van der Waals surface area contributed by atoms with Gasteiger partial charge in [-0.2, -0.15) is 5.10 Å². The van der Waals surface area contributed by atoms with Crippen LogP contribution in [0.3, 0.4) is 0 Å². The summed E-state index contributed by atoms with van der Waals surface area (Å²) in [5.74, 6) is -0.457. The number of aromatic amines is 1. The number of nitrogens with two attached hydrogens (primary N) is 1. The van der Waals surface area contributed by atoms with E-state index in [-0.39, 0.29) is 17.3 Å². The van der Waals surface area contributed by atoms with Gasteiger partial charge >= 0.3 is 5.97 Å². The monoisotopic (exact) mass is 382 g/mol. The second-order valence-corrected chi connectivity index (χ2v) is 7.21. The lowest BCUT2D eigenvalue weighted by molar-refractivity contribution is 0.00649. The number of carbonyl (C=O) groups excluding carboxylic acids is 2. The van der Waals surface area contributed by atoms with Crippen molar-refractivity contribution in [3.8, 4) is 5.75 Å². The molecule has 8 nitrogen and oxygen atoms in total. The predicted octanol–water partition coefficient (Wildman–Crippen LogP) is 3.36. The molecule has 0 bridgehead atoms. The van der Waals surface area contributed by atoms with Gasteiger partial charge in [-0.3, -0.25) is 9.89 Å². The van der Waals surface area contributed by atoms with Crippen molar-refractivity contribution in [1.29, 1.82) is 0 Å². The van der Waals surface area contributed by atoms with Crippen molar-refractivity contribution in [3.05, 3.63) is 47.7 Å². The number of anilines is 2. The van der Waals surface area contributed by atoms with E-state index in [4.69, 9.17) is 15.2 Å². The first-order chi connectivity index (χ1) is 13.2. The van der Waals surface area contributed by atoms with E-state index in [1.165, 1.54) is 7.11 Å². The quantitative estimate of drug-likeness (QED) is 0.470. The number of hydrogen-bond acceptors (Lipinski definition) is 6. The van der Waals surface area contributed by atoms with Gasteiger partial charge in [0, 0.05) is 11.1 Å². The number of nitrogens with one attached hydrogen (secondary N) is 2. The van der Waals surface area contributed by atoms with Crippen molar-refractivity contribution >= 4 is 34.2 Å². The average molecular weight is 382 g/mol. The highest BCUT2D eigenvalue weighted by Gasteiger charge is 2.22. The molecule has 0 fully saturated rings. The second kappa shape index (κ2) is 7.22. The molecule has 1 amide bonds. The zero-order valence-corrected chi connectivity index (χ0v) is 16.1. The van der Waals surface area contributed by atoms with E-state index in [0.717, 1.165) is 0 Å². The molecule has 8 heteroatoms. The van der Waals surface area contributed by atoms with Crippen molar-refractivity contribution in [1.82, 2.24) is 10.2 Å². The summed E-state index contributed by atoms with van der Waals surface area (Å²) in [4.78, 5) is 24.8. The predicted molar refractivity (Wildman–Crippen MR) is 107 cm³/mol. The summed E-state index contributed by atoms with van der Waals surface area (Å²) in [7, 11) is 1.49. The van der Waals surface area contributed by atoms with E-state index in [9.17, 15) is 9.59 Å². The Balaban J connectivity index is 1.84. The summed E-state index contributed by atoms with van der Waals surface area (Å²) in [6, 6.07) is 10.0. The fourth-order valence-corrected chi connectivity index (χ4v) is 2.70. The van der Waals surface area contributed by atoms with Crippen LogP contribution in [-0.2, 0) is 4.74 Å². The van der Waals surface area contributed by atoms with Gasteiger partial charge in [-0.25, -0.2) is 4.79 Å². The van der Waals surface area contributed by atoms with Crippen molar-refractivity contribution in [2.45, 2.75) is 26.4 Å². The molecule has 0 aliphatic heterocycles. The van der Waals surface area contributed by atoms with Gasteiger partial charge in [-0.15, -0.1) is 0 Å². The van der Waals surface area contributed by atoms with Crippen molar-refractivity contribution in [3.63, 3.8) is 0 Å². The van der Waals surface area contributed by atoms with Gasteiger partial charge < -0.3 is 20.5 Å². The van der Waals surface area contributed by atoms with Crippen molar-refractivity contribution in [2.75, 3.05) is 18.2 Å². The highest BCUT2D eigenvalue weighted by Crippen LogP contribution is 2.27. The van der Waals surface area contributed by atoms with E-state index in [2.05, 4.69) is 15.5 Å². The van der Waals surface area contributed by atoms with Crippen LogP contribution in [0.2, 0.25) is 0 Å². The third-order valence-electron chi connectivity index (χ3n) is 3.94. The molecular weight excluding hydrogens is 360 g/mol. The second-order valence-electron chi connectivity index (χ2n) is 7.21.